The number of nitrogens with zero attached hydrogens (tertiary/aromatic N) is 2. The van der Waals surface area contributed by atoms with Crippen molar-refractivity contribution in [1.82, 2.24) is 4.90 Å². The Kier molecular flexibility index (Phi) is 2.72. The summed E-state index contributed by atoms with van der Waals surface area (Å²) in [5, 5.41) is 8.73. The van der Waals surface area contributed by atoms with Gasteiger partial charge in [-0.1, -0.05) is 13.8 Å². The van der Waals surface area contributed by atoms with Gasteiger partial charge in [0.1, 0.15) is 0 Å². The first-order valence-electron chi connectivity index (χ1n) is 4.00. The lowest BCUT2D eigenvalue weighted by Crippen LogP contribution is -2.45. The first kappa shape index (κ1) is 8.35. The monoisotopic (exact) mass is 154 g/mol. The maximum atomic E-state index is 8.73. The molecule has 0 aliphatic carbocycles. The van der Waals surface area contributed by atoms with Gasteiger partial charge in [-0.25, -0.2) is 0 Å². The number of ether oxygens (including phenoxy) is 1. The molecule has 0 amide bonds. The molecule has 0 aromatic rings. The van der Waals surface area contributed by atoms with E-state index in [1.807, 2.05) is 4.90 Å². The molecule has 1 atom stereocenters. The average molecular weight is 154 g/mol. The highest BCUT2D eigenvalue weighted by atomic mass is 16.5. The Bertz CT molecular complexity index is 162. The Morgan fingerprint density at radius 2 is 2.36 bits per heavy atom. The molecule has 0 N–H and O–H groups in total. The van der Waals surface area contributed by atoms with E-state index < -0.39 is 0 Å². The minimum absolute atomic E-state index is 0.286. The largest absolute Gasteiger partial charge is 0.377 e. The topological polar surface area (TPSA) is 36.3 Å². The minimum Gasteiger partial charge on any atom is -0.377 e. The number of rotatable bonds is 1. The van der Waals surface area contributed by atoms with Crippen LogP contribution in [0.25, 0.3) is 0 Å². The third kappa shape index (κ3) is 1.84. The highest BCUT2D eigenvalue weighted by Gasteiger charge is 2.24. The van der Waals surface area contributed by atoms with Crippen LogP contribution >= 0.6 is 0 Å². The smallest absolute Gasteiger partial charge is 0.179 e. The minimum atomic E-state index is 0.286. The molecule has 0 spiro atoms. The molecule has 62 valence electrons. The average Bonchev–Trinajstić information content (AvgIpc) is 2.04. The fourth-order valence-electron chi connectivity index (χ4n) is 1.30. The molecule has 1 heterocycles. The predicted molar refractivity (Wildman–Crippen MR) is 41.8 cm³/mol. The van der Waals surface area contributed by atoms with Gasteiger partial charge in [0, 0.05) is 0 Å². The summed E-state index contributed by atoms with van der Waals surface area (Å²) < 4.78 is 5.28. The first-order chi connectivity index (χ1) is 5.25. The summed E-state index contributed by atoms with van der Waals surface area (Å²) in [7, 11) is 0. The summed E-state index contributed by atoms with van der Waals surface area (Å²) in [5.41, 5.74) is 0. The standard InChI is InChI=1S/C8H14N2O/c1-7(2)8-5-11-4-3-10(8)6-9/h7-8H,3-5H2,1-2H3. The molecule has 1 rings (SSSR count). The summed E-state index contributed by atoms with van der Waals surface area (Å²) >= 11 is 0. The van der Waals surface area contributed by atoms with Crippen LogP contribution in [0.1, 0.15) is 13.8 Å². The lowest BCUT2D eigenvalue weighted by atomic mass is 10.0. The van der Waals surface area contributed by atoms with Crippen molar-refractivity contribution in [2.45, 2.75) is 19.9 Å². The van der Waals surface area contributed by atoms with Crippen LogP contribution in [0.15, 0.2) is 0 Å². The maximum Gasteiger partial charge on any atom is 0.179 e. The van der Waals surface area contributed by atoms with Crippen molar-refractivity contribution in [3.63, 3.8) is 0 Å². The lowest BCUT2D eigenvalue weighted by molar-refractivity contribution is 0.00337. The van der Waals surface area contributed by atoms with E-state index in [2.05, 4.69) is 20.0 Å². The Morgan fingerprint density at radius 1 is 1.64 bits per heavy atom. The van der Waals surface area contributed by atoms with E-state index in [9.17, 15) is 0 Å². The van der Waals surface area contributed by atoms with Crippen molar-refractivity contribution >= 4 is 0 Å². The third-order valence-electron chi connectivity index (χ3n) is 2.06. The fourth-order valence-corrected chi connectivity index (χ4v) is 1.30. The summed E-state index contributed by atoms with van der Waals surface area (Å²) in [6, 6.07) is 0.286. The Morgan fingerprint density at radius 3 is 2.82 bits per heavy atom. The molecule has 0 radical (unpaired) electrons. The van der Waals surface area contributed by atoms with Gasteiger partial charge < -0.3 is 9.64 Å². The van der Waals surface area contributed by atoms with Crippen molar-refractivity contribution in [3.05, 3.63) is 0 Å². The van der Waals surface area contributed by atoms with Gasteiger partial charge in [0.05, 0.1) is 25.8 Å². The van der Waals surface area contributed by atoms with Crippen molar-refractivity contribution in [2.24, 2.45) is 5.92 Å². The Labute approximate surface area is 67.6 Å². The van der Waals surface area contributed by atoms with Gasteiger partial charge in [-0.2, -0.15) is 5.26 Å². The molecule has 11 heavy (non-hydrogen) atoms. The second-order valence-electron chi connectivity index (χ2n) is 3.18. The van der Waals surface area contributed by atoms with Crippen LogP contribution < -0.4 is 0 Å². The number of hydrogen-bond acceptors (Lipinski definition) is 3. The molecule has 1 aliphatic heterocycles. The zero-order valence-corrected chi connectivity index (χ0v) is 7.08. The van der Waals surface area contributed by atoms with Gasteiger partial charge in [0.2, 0.25) is 0 Å². The van der Waals surface area contributed by atoms with E-state index in [1.54, 1.807) is 0 Å². The fraction of sp³-hybridized carbons (Fsp3) is 0.875. The van der Waals surface area contributed by atoms with Gasteiger partial charge >= 0.3 is 0 Å². The molecular weight excluding hydrogens is 140 g/mol. The van der Waals surface area contributed by atoms with Crippen LogP contribution in [-0.2, 0) is 4.74 Å². The van der Waals surface area contributed by atoms with E-state index in [0.29, 0.717) is 19.1 Å². The van der Waals surface area contributed by atoms with E-state index in [-0.39, 0.29) is 6.04 Å². The second-order valence-corrected chi connectivity index (χ2v) is 3.18. The van der Waals surface area contributed by atoms with Crippen molar-refractivity contribution in [3.8, 4) is 6.19 Å². The van der Waals surface area contributed by atoms with E-state index in [1.165, 1.54) is 0 Å². The molecule has 1 saturated heterocycles. The SMILES string of the molecule is CC(C)C1COCCN1C#N. The second kappa shape index (κ2) is 3.59. The summed E-state index contributed by atoms with van der Waals surface area (Å²) in [6.45, 7) is 6.37. The van der Waals surface area contributed by atoms with Gasteiger partial charge in [0.15, 0.2) is 6.19 Å². The third-order valence-corrected chi connectivity index (χ3v) is 2.06. The van der Waals surface area contributed by atoms with Crippen molar-refractivity contribution < 1.29 is 4.74 Å². The Hall–Kier alpha value is -0.750. The van der Waals surface area contributed by atoms with Crippen LogP contribution in [0.3, 0.4) is 0 Å². The molecule has 1 unspecified atom stereocenters. The molecule has 0 saturated carbocycles. The van der Waals surface area contributed by atoms with Crippen LogP contribution in [0, 0.1) is 17.4 Å². The molecule has 0 aromatic heterocycles. The van der Waals surface area contributed by atoms with Crippen LogP contribution in [0.5, 0.6) is 0 Å². The van der Waals surface area contributed by atoms with E-state index in [4.69, 9.17) is 10.00 Å². The zero-order chi connectivity index (χ0) is 8.27. The van der Waals surface area contributed by atoms with Gasteiger partial charge in [-0.15, -0.1) is 0 Å². The predicted octanol–water partition coefficient (Wildman–Crippen LogP) is 0.824. The number of nitriles is 1. The summed E-state index contributed by atoms with van der Waals surface area (Å²) in [6.07, 6.45) is 2.19. The van der Waals surface area contributed by atoms with E-state index in [0.717, 1.165) is 6.54 Å². The zero-order valence-electron chi connectivity index (χ0n) is 7.08. The van der Waals surface area contributed by atoms with Crippen molar-refractivity contribution in [2.75, 3.05) is 19.8 Å². The summed E-state index contributed by atoms with van der Waals surface area (Å²) in [4.78, 5) is 1.81. The number of morpholine rings is 1. The van der Waals surface area contributed by atoms with Crippen molar-refractivity contribution in [1.29, 1.82) is 5.26 Å². The summed E-state index contributed by atoms with van der Waals surface area (Å²) in [5.74, 6) is 0.495. The Balaban J connectivity index is 2.53. The molecule has 1 fully saturated rings. The lowest BCUT2D eigenvalue weighted by Gasteiger charge is -2.33. The maximum absolute atomic E-state index is 8.73. The van der Waals surface area contributed by atoms with Gasteiger partial charge in [0.25, 0.3) is 0 Å². The molecule has 3 heteroatoms. The van der Waals surface area contributed by atoms with Crippen LogP contribution in [0.2, 0.25) is 0 Å². The molecular formula is C8H14N2O. The normalized spacial score (nSPS) is 25.3. The molecule has 3 nitrogen and oxygen atoms in total. The highest BCUT2D eigenvalue weighted by molar-refractivity contribution is 4.86. The number of hydrogen-bond donors (Lipinski definition) is 0. The van der Waals surface area contributed by atoms with Gasteiger partial charge in [-0.05, 0) is 5.92 Å². The highest BCUT2D eigenvalue weighted by Crippen LogP contribution is 2.13. The van der Waals surface area contributed by atoms with Crippen LogP contribution in [-0.4, -0.2) is 30.7 Å². The van der Waals surface area contributed by atoms with Crippen LogP contribution in [0.4, 0.5) is 0 Å². The van der Waals surface area contributed by atoms with Gasteiger partial charge in [-0.3, -0.25) is 0 Å². The quantitative estimate of drug-likeness (QED) is 0.525. The molecule has 1 aliphatic rings. The van der Waals surface area contributed by atoms with E-state index >= 15 is 0 Å². The molecule has 0 aromatic carbocycles. The molecule has 0 bridgehead atoms. The first-order valence-corrected chi connectivity index (χ1v) is 4.00.